The van der Waals surface area contributed by atoms with Crippen LogP contribution >= 0.6 is 23.4 Å². The second-order valence-electron chi connectivity index (χ2n) is 7.15. The van der Waals surface area contributed by atoms with Crippen molar-refractivity contribution in [2.45, 2.75) is 13.5 Å². The molecule has 1 heterocycles. The summed E-state index contributed by atoms with van der Waals surface area (Å²) >= 11 is 6.93. The standard InChI is InChI=1S/C24H18ClN3O3S/c1-15-5-4-6-16(11-15)14-28-23(30)22(32-24(28)31)13-17-12-18(9-10-21(17)29)26-27-20-8-3-2-7-19(20)25/h2-13,29H,14H2,1H3/b22-13-,27-26?. The number of aromatic hydroxyl groups is 1. The Labute approximate surface area is 194 Å². The van der Waals surface area contributed by atoms with Gasteiger partial charge in [0.15, 0.2) is 0 Å². The number of halogens is 1. The van der Waals surface area contributed by atoms with Crippen LogP contribution in [-0.2, 0) is 11.3 Å². The van der Waals surface area contributed by atoms with Gasteiger partial charge in [-0.05, 0) is 60.7 Å². The van der Waals surface area contributed by atoms with Crippen LogP contribution in [-0.4, -0.2) is 21.2 Å². The van der Waals surface area contributed by atoms with Gasteiger partial charge in [0.05, 0.1) is 22.2 Å². The lowest BCUT2D eigenvalue weighted by molar-refractivity contribution is -0.123. The zero-order valence-corrected chi connectivity index (χ0v) is 18.6. The Morgan fingerprint density at radius 1 is 1.03 bits per heavy atom. The Morgan fingerprint density at radius 3 is 2.62 bits per heavy atom. The highest BCUT2D eigenvalue weighted by molar-refractivity contribution is 8.18. The lowest BCUT2D eigenvalue weighted by atomic mass is 10.1. The van der Waals surface area contributed by atoms with Gasteiger partial charge in [0.2, 0.25) is 0 Å². The van der Waals surface area contributed by atoms with Crippen molar-refractivity contribution in [2.24, 2.45) is 10.2 Å². The van der Waals surface area contributed by atoms with E-state index < -0.39 is 5.91 Å². The maximum atomic E-state index is 12.8. The van der Waals surface area contributed by atoms with E-state index in [-0.39, 0.29) is 22.4 Å². The summed E-state index contributed by atoms with van der Waals surface area (Å²) < 4.78 is 0. The van der Waals surface area contributed by atoms with E-state index in [1.165, 1.54) is 17.0 Å². The summed E-state index contributed by atoms with van der Waals surface area (Å²) in [6.45, 7) is 2.15. The summed E-state index contributed by atoms with van der Waals surface area (Å²) in [6.07, 6.45) is 1.49. The van der Waals surface area contributed by atoms with Crippen molar-refractivity contribution in [3.8, 4) is 5.75 Å². The molecular weight excluding hydrogens is 446 g/mol. The van der Waals surface area contributed by atoms with Crippen molar-refractivity contribution in [1.29, 1.82) is 0 Å². The van der Waals surface area contributed by atoms with Gasteiger partial charge in [-0.1, -0.05) is 53.6 Å². The molecular formula is C24H18ClN3O3S. The van der Waals surface area contributed by atoms with Gasteiger partial charge in [0, 0.05) is 5.56 Å². The Bertz CT molecular complexity index is 1270. The van der Waals surface area contributed by atoms with Crippen LogP contribution in [0, 0.1) is 6.92 Å². The number of imide groups is 1. The average molecular weight is 464 g/mol. The topological polar surface area (TPSA) is 82.3 Å². The molecule has 4 rings (SSSR count). The van der Waals surface area contributed by atoms with Gasteiger partial charge in [0.1, 0.15) is 11.4 Å². The minimum absolute atomic E-state index is 0.0350. The maximum absolute atomic E-state index is 12.8. The molecule has 3 aromatic rings. The van der Waals surface area contributed by atoms with Gasteiger partial charge in [-0.3, -0.25) is 14.5 Å². The van der Waals surface area contributed by atoms with E-state index in [2.05, 4.69) is 10.2 Å². The number of hydrogen-bond donors (Lipinski definition) is 1. The fourth-order valence-corrected chi connectivity index (χ4v) is 4.14. The van der Waals surface area contributed by atoms with Crippen molar-refractivity contribution in [3.05, 3.63) is 93.3 Å². The predicted molar refractivity (Wildman–Crippen MR) is 126 cm³/mol. The molecule has 1 aliphatic heterocycles. The van der Waals surface area contributed by atoms with Crippen molar-refractivity contribution >= 4 is 52.0 Å². The highest BCUT2D eigenvalue weighted by Crippen LogP contribution is 2.36. The van der Waals surface area contributed by atoms with Crippen LogP contribution < -0.4 is 0 Å². The van der Waals surface area contributed by atoms with Crippen molar-refractivity contribution in [2.75, 3.05) is 0 Å². The third-order valence-electron chi connectivity index (χ3n) is 4.72. The molecule has 0 bridgehead atoms. The van der Waals surface area contributed by atoms with E-state index in [9.17, 15) is 14.7 Å². The predicted octanol–water partition coefficient (Wildman–Crippen LogP) is 7.01. The smallest absolute Gasteiger partial charge is 0.293 e. The van der Waals surface area contributed by atoms with Crippen LogP contribution in [0.15, 0.2) is 81.9 Å². The molecule has 0 atom stereocenters. The molecule has 3 aromatic carbocycles. The van der Waals surface area contributed by atoms with E-state index in [0.717, 1.165) is 22.9 Å². The minimum atomic E-state index is -0.399. The Morgan fingerprint density at radius 2 is 1.84 bits per heavy atom. The highest BCUT2D eigenvalue weighted by atomic mass is 35.5. The van der Waals surface area contributed by atoms with Gasteiger partial charge >= 0.3 is 0 Å². The molecule has 8 heteroatoms. The molecule has 0 unspecified atom stereocenters. The first-order valence-corrected chi connectivity index (χ1v) is 10.9. The number of hydrogen-bond acceptors (Lipinski definition) is 6. The second kappa shape index (κ2) is 9.38. The number of amides is 2. The molecule has 0 aromatic heterocycles. The van der Waals surface area contributed by atoms with E-state index in [1.807, 2.05) is 31.2 Å². The maximum Gasteiger partial charge on any atom is 0.293 e. The van der Waals surface area contributed by atoms with Crippen LogP contribution in [0.1, 0.15) is 16.7 Å². The number of carbonyl (C=O) groups excluding carboxylic acids is 2. The van der Waals surface area contributed by atoms with Crippen molar-refractivity contribution in [3.63, 3.8) is 0 Å². The lowest BCUT2D eigenvalue weighted by Gasteiger charge is -2.12. The molecule has 2 amide bonds. The highest BCUT2D eigenvalue weighted by Gasteiger charge is 2.35. The van der Waals surface area contributed by atoms with Gasteiger partial charge < -0.3 is 5.11 Å². The Balaban J connectivity index is 1.57. The third kappa shape index (κ3) is 4.90. The summed E-state index contributed by atoms with van der Waals surface area (Å²) in [5, 5.41) is 18.7. The molecule has 160 valence electrons. The number of carbonyl (C=O) groups is 2. The zero-order chi connectivity index (χ0) is 22.7. The van der Waals surface area contributed by atoms with E-state index in [0.29, 0.717) is 22.0 Å². The molecule has 0 spiro atoms. The van der Waals surface area contributed by atoms with Gasteiger partial charge in [0.25, 0.3) is 11.1 Å². The van der Waals surface area contributed by atoms with Crippen LogP contribution in [0.3, 0.4) is 0 Å². The van der Waals surface area contributed by atoms with Crippen LogP contribution in [0.4, 0.5) is 16.2 Å². The van der Waals surface area contributed by atoms with Gasteiger partial charge in [-0.25, -0.2) is 0 Å². The van der Waals surface area contributed by atoms with Gasteiger partial charge in [-0.15, -0.1) is 5.11 Å². The Hall–Kier alpha value is -3.42. The molecule has 32 heavy (non-hydrogen) atoms. The lowest BCUT2D eigenvalue weighted by Crippen LogP contribution is -2.27. The molecule has 1 saturated heterocycles. The number of aryl methyl sites for hydroxylation is 1. The number of azo groups is 1. The Kier molecular flexibility index (Phi) is 6.39. The number of nitrogens with zero attached hydrogens (tertiary/aromatic N) is 3. The van der Waals surface area contributed by atoms with E-state index >= 15 is 0 Å². The number of phenolic OH excluding ortho intramolecular Hbond substituents is 1. The van der Waals surface area contributed by atoms with Gasteiger partial charge in [-0.2, -0.15) is 5.11 Å². The minimum Gasteiger partial charge on any atom is -0.507 e. The van der Waals surface area contributed by atoms with Crippen molar-refractivity contribution < 1.29 is 14.7 Å². The summed E-state index contributed by atoms with van der Waals surface area (Å²) in [7, 11) is 0. The molecule has 1 fully saturated rings. The normalized spacial score (nSPS) is 15.3. The van der Waals surface area contributed by atoms with Crippen molar-refractivity contribution in [1.82, 2.24) is 4.90 Å². The largest absolute Gasteiger partial charge is 0.507 e. The first kappa shape index (κ1) is 21.8. The fraction of sp³-hybridized carbons (Fsp3) is 0.0833. The molecule has 0 saturated carbocycles. The van der Waals surface area contributed by atoms with Crippen LogP contribution in [0.2, 0.25) is 5.02 Å². The fourth-order valence-electron chi connectivity index (χ4n) is 3.13. The molecule has 0 aliphatic carbocycles. The number of benzene rings is 3. The average Bonchev–Trinajstić information content (AvgIpc) is 3.02. The number of rotatable bonds is 5. The SMILES string of the molecule is Cc1cccc(CN2C(=O)S/C(=C\c3cc(N=Nc4ccccc4Cl)ccc3O)C2=O)c1. The van der Waals surface area contributed by atoms with E-state index in [1.54, 1.807) is 36.4 Å². The monoisotopic (exact) mass is 463 g/mol. The molecule has 1 aliphatic rings. The third-order valence-corrected chi connectivity index (χ3v) is 5.95. The van der Waals surface area contributed by atoms with Crippen LogP contribution in [0.25, 0.3) is 6.08 Å². The second-order valence-corrected chi connectivity index (χ2v) is 8.55. The number of thioether (sulfide) groups is 1. The number of phenols is 1. The summed E-state index contributed by atoms with van der Waals surface area (Å²) in [6, 6.07) is 19.3. The van der Waals surface area contributed by atoms with E-state index in [4.69, 9.17) is 11.6 Å². The summed E-state index contributed by atoms with van der Waals surface area (Å²) in [5.74, 6) is -0.434. The molecule has 1 N–H and O–H groups in total. The summed E-state index contributed by atoms with van der Waals surface area (Å²) in [5.41, 5.74) is 3.27. The first-order chi connectivity index (χ1) is 15.4. The van der Waals surface area contributed by atoms with Crippen LogP contribution in [0.5, 0.6) is 5.75 Å². The summed E-state index contributed by atoms with van der Waals surface area (Å²) in [4.78, 5) is 26.7. The molecule has 6 nitrogen and oxygen atoms in total. The zero-order valence-electron chi connectivity index (χ0n) is 17.0. The first-order valence-electron chi connectivity index (χ1n) is 9.71. The molecule has 0 radical (unpaired) electrons. The quantitative estimate of drug-likeness (QED) is 0.326.